The monoisotopic (exact) mass is 229 g/mol. The average Bonchev–Trinajstić information content (AvgIpc) is 1.97. The first-order valence-corrected chi connectivity index (χ1v) is 6.06. The van der Waals surface area contributed by atoms with Gasteiger partial charge in [-0.05, 0) is 47.0 Å². The third kappa shape index (κ3) is 7.83. The molecule has 0 fully saturated rings. The zero-order valence-corrected chi connectivity index (χ0v) is 11.8. The molecule has 0 radical (unpaired) electrons. The second-order valence-electron chi connectivity index (χ2n) is 5.83. The van der Waals surface area contributed by atoms with Crippen molar-refractivity contribution in [3.05, 3.63) is 0 Å². The molecule has 0 saturated carbocycles. The Labute approximate surface area is 99.9 Å². The highest BCUT2D eigenvalue weighted by atomic mass is 16.5. The molecule has 2 atom stereocenters. The van der Waals surface area contributed by atoms with E-state index in [2.05, 4.69) is 19.2 Å². The molecule has 3 heteroatoms. The quantitative estimate of drug-likeness (QED) is 0.712. The van der Waals surface area contributed by atoms with Gasteiger partial charge in [-0.25, -0.2) is 0 Å². The molecule has 0 heterocycles. The molecule has 0 aromatic carbocycles. The van der Waals surface area contributed by atoms with E-state index in [4.69, 9.17) is 4.74 Å². The minimum absolute atomic E-state index is 0.0997. The lowest BCUT2D eigenvalue weighted by atomic mass is 10.0. The van der Waals surface area contributed by atoms with Crippen molar-refractivity contribution >= 4 is 5.78 Å². The largest absolute Gasteiger partial charge is 0.358 e. The first kappa shape index (κ1) is 15.6. The minimum atomic E-state index is -0.189. The number of hydrogen-bond donors (Lipinski definition) is 1. The maximum absolute atomic E-state index is 11.5. The molecular weight excluding hydrogens is 202 g/mol. The van der Waals surface area contributed by atoms with E-state index in [1.54, 1.807) is 6.92 Å². The van der Waals surface area contributed by atoms with E-state index in [1.807, 2.05) is 27.7 Å². The summed E-state index contributed by atoms with van der Waals surface area (Å²) in [4.78, 5) is 11.5. The molecule has 0 rings (SSSR count). The standard InChI is InChI=1S/C13H27NO2/c1-9(2)8-12(10(3)15)14-11(4)16-13(5,6)7/h9,11-12,14H,8H2,1-7H3/t11?,12-/m1/s1. The molecule has 0 aliphatic rings. The summed E-state index contributed by atoms with van der Waals surface area (Å²) in [5, 5.41) is 3.23. The van der Waals surface area contributed by atoms with Crippen molar-refractivity contribution < 1.29 is 9.53 Å². The predicted molar refractivity (Wildman–Crippen MR) is 67.4 cm³/mol. The van der Waals surface area contributed by atoms with Crippen LogP contribution in [0.3, 0.4) is 0 Å². The Kier molecular flexibility index (Phi) is 6.19. The van der Waals surface area contributed by atoms with Crippen LogP contribution in [-0.2, 0) is 9.53 Å². The van der Waals surface area contributed by atoms with Gasteiger partial charge in [-0.1, -0.05) is 13.8 Å². The van der Waals surface area contributed by atoms with Crippen LogP contribution in [0.25, 0.3) is 0 Å². The van der Waals surface area contributed by atoms with Crippen molar-refractivity contribution in [1.29, 1.82) is 0 Å². The number of hydrogen-bond acceptors (Lipinski definition) is 3. The topological polar surface area (TPSA) is 38.3 Å². The first-order chi connectivity index (χ1) is 7.11. The summed E-state index contributed by atoms with van der Waals surface area (Å²) in [5.41, 5.74) is -0.189. The third-order valence-electron chi connectivity index (χ3n) is 2.16. The summed E-state index contributed by atoms with van der Waals surface area (Å²) in [7, 11) is 0. The Morgan fingerprint density at radius 3 is 2.06 bits per heavy atom. The van der Waals surface area contributed by atoms with E-state index in [9.17, 15) is 4.79 Å². The van der Waals surface area contributed by atoms with Crippen LogP contribution in [0.15, 0.2) is 0 Å². The molecule has 96 valence electrons. The number of Topliss-reactive ketones (excluding diaryl/α,β-unsaturated/α-hetero) is 1. The number of ether oxygens (including phenoxy) is 1. The number of carbonyl (C=O) groups excluding carboxylic acids is 1. The van der Waals surface area contributed by atoms with Crippen LogP contribution in [0.5, 0.6) is 0 Å². The minimum Gasteiger partial charge on any atom is -0.358 e. The van der Waals surface area contributed by atoms with Gasteiger partial charge in [-0.3, -0.25) is 10.1 Å². The van der Waals surface area contributed by atoms with Crippen molar-refractivity contribution in [2.75, 3.05) is 0 Å². The molecule has 0 bridgehead atoms. The molecule has 3 nitrogen and oxygen atoms in total. The van der Waals surface area contributed by atoms with Crippen molar-refractivity contribution in [3.63, 3.8) is 0 Å². The fourth-order valence-corrected chi connectivity index (χ4v) is 1.67. The van der Waals surface area contributed by atoms with Crippen LogP contribution < -0.4 is 5.32 Å². The second-order valence-corrected chi connectivity index (χ2v) is 5.83. The lowest BCUT2D eigenvalue weighted by molar-refractivity contribution is -0.123. The van der Waals surface area contributed by atoms with Gasteiger partial charge < -0.3 is 4.74 Å². The van der Waals surface area contributed by atoms with Crippen LogP contribution in [0.4, 0.5) is 0 Å². The Morgan fingerprint density at radius 1 is 1.25 bits per heavy atom. The molecule has 0 aromatic rings. The summed E-state index contributed by atoms with van der Waals surface area (Å²) in [6, 6.07) is -0.0997. The maximum Gasteiger partial charge on any atom is 0.146 e. The van der Waals surface area contributed by atoms with Crippen LogP contribution in [0, 0.1) is 5.92 Å². The number of carbonyl (C=O) groups is 1. The normalized spacial score (nSPS) is 16.2. The molecule has 0 spiro atoms. The van der Waals surface area contributed by atoms with Gasteiger partial charge in [0.1, 0.15) is 12.0 Å². The van der Waals surface area contributed by atoms with E-state index in [1.165, 1.54) is 0 Å². The Morgan fingerprint density at radius 2 is 1.75 bits per heavy atom. The predicted octanol–water partition coefficient (Wildman–Crippen LogP) is 2.74. The van der Waals surface area contributed by atoms with Gasteiger partial charge in [0.05, 0.1) is 11.6 Å². The number of nitrogens with one attached hydrogen (secondary N) is 1. The smallest absolute Gasteiger partial charge is 0.146 e. The van der Waals surface area contributed by atoms with Crippen molar-refractivity contribution in [2.24, 2.45) is 5.92 Å². The zero-order chi connectivity index (χ0) is 12.9. The highest BCUT2D eigenvalue weighted by molar-refractivity contribution is 5.81. The maximum atomic E-state index is 11.5. The highest BCUT2D eigenvalue weighted by Crippen LogP contribution is 2.12. The van der Waals surface area contributed by atoms with Crippen LogP contribution in [0.1, 0.15) is 54.9 Å². The van der Waals surface area contributed by atoms with E-state index < -0.39 is 0 Å². The van der Waals surface area contributed by atoms with Crippen LogP contribution >= 0.6 is 0 Å². The van der Waals surface area contributed by atoms with Gasteiger partial charge in [-0.2, -0.15) is 0 Å². The molecule has 0 aliphatic carbocycles. The lowest BCUT2D eigenvalue weighted by Crippen LogP contribution is -2.45. The summed E-state index contributed by atoms with van der Waals surface area (Å²) in [6.07, 6.45) is 0.750. The van der Waals surface area contributed by atoms with Gasteiger partial charge in [0.15, 0.2) is 0 Å². The average molecular weight is 229 g/mol. The van der Waals surface area contributed by atoms with E-state index >= 15 is 0 Å². The van der Waals surface area contributed by atoms with Gasteiger partial charge >= 0.3 is 0 Å². The van der Waals surface area contributed by atoms with E-state index in [0.717, 1.165) is 6.42 Å². The Balaban J connectivity index is 4.24. The summed E-state index contributed by atoms with van der Waals surface area (Å²) in [5.74, 6) is 0.682. The van der Waals surface area contributed by atoms with Crippen molar-refractivity contribution in [3.8, 4) is 0 Å². The highest BCUT2D eigenvalue weighted by Gasteiger charge is 2.21. The Hall–Kier alpha value is -0.410. The zero-order valence-electron chi connectivity index (χ0n) is 11.8. The summed E-state index contributed by atoms with van der Waals surface area (Å²) < 4.78 is 5.74. The third-order valence-corrected chi connectivity index (χ3v) is 2.16. The molecule has 0 aliphatic heterocycles. The van der Waals surface area contributed by atoms with E-state index in [-0.39, 0.29) is 23.7 Å². The fourth-order valence-electron chi connectivity index (χ4n) is 1.67. The molecule has 1 N–H and O–H groups in total. The van der Waals surface area contributed by atoms with E-state index in [0.29, 0.717) is 5.92 Å². The molecular formula is C13H27NO2. The molecule has 16 heavy (non-hydrogen) atoms. The van der Waals surface area contributed by atoms with Crippen molar-refractivity contribution in [1.82, 2.24) is 5.32 Å². The molecule has 1 unspecified atom stereocenters. The number of ketones is 1. The van der Waals surface area contributed by atoms with Crippen molar-refractivity contribution in [2.45, 2.75) is 72.8 Å². The van der Waals surface area contributed by atoms with Crippen LogP contribution in [0.2, 0.25) is 0 Å². The number of rotatable bonds is 6. The van der Waals surface area contributed by atoms with Gasteiger partial charge in [0, 0.05) is 0 Å². The lowest BCUT2D eigenvalue weighted by Gasteiger charge is -2.29. The molecule has 0 aromatic heterocycles. The summed E-state index contributed by atoms with van der Waals surface area (Å²) in [6.45, 7) is 13.8. The summed E-state index contributed by atoms with van der Waals surface area (Å²) >= 11 is 0. The SMILES string of the molecule is CC(=O)[C@@H](CC(C)C)NC(C)OC(C)(C)C. The fraction of sp³-hybridized carbons (Fsp3) is 0.923. The second kappa shape index (κ2) is 6.36. The Bertz CT molecular complexity index is 218. The van der Waals surface area contributed by atoms with Crippen LogP contribution in [-0.4, -0.2) is 23.7 Å². The molecule has 0 amide bonds. The first-order valence-electron chi connectivity index (χ1n) is 6.06. The van der Waals surface area contributed by atoms with Gasteiger partial charge in [0.25, 0.3) is 0 Å². The van der Waals surface area contributed by atoms with Gasteiger partial charge in [-0.15, -0.1) is 0 Å². The van der Waals surface area contributed by atoms with Gasteiger partial charge in [0.2, 0.25) is 0 Å². The molecule has 0 saturated heterocycles.